The summed E-state index contributed by atoms with van der Waals surface area (Å²) in [6.45, 7) is 6.37. The maximum atomic E-state index is 13.3. The standard InChI is InChI=1S/C22H30N6O3S/c1-5-7-18-19-20(27(4)25-18)22(29)24-21(23-19)17-14-16(9-8-15(17)6-2)32(30,31)28-12-10-26(3)11-13-28/h8-9,14H,5-7,10-13H2,1-4H3,(H,23,24,29). The number of hydrogen-bond donors (Lipinski definition) is 1. The van der Waals surface area contributed by atoms with Crippen molar-refractivity contribution in [2.24, 2.45) is 7.05 Å². The highest BCUT2D eigenvalue weighted by atomic mass is 32.2. The van der Waals surface area contributed by atoms with Gasteiger partial charge < -0.3 is 9.88 Å². The molecule has 0 spiro atoms. The Kier molecular flexibility index (Phi) is 6.19. The molecule has 1 aromatic carbocycles. The number of H-pyrrole nitrogens is 1. The van der Waals surface area contributed by atoms with Crippen molar-refractivity contribution in [2.45, 2.75) is 38.0 Å². The second kappa shape index (κ2) is 8.76. The summed E-state index contributed by atoms with van der Waals surface area (Å²) in [5, 5.41) is 4.47. The van der Waals surface area contributed by atoms with E-state index in [-0.39, 0.29) is 10.5 Å². The maximum absolute atomic E-state index is 13.3. The fraction of sp³-hybridized carbons (Fsp3) is 0.500. The molecule has 3 aromatic rings. The smallest absolute Gasteiger partial charge is 0.277 e. The van der Waals surface area contributed by atoms with Crippen molar-refractivity contribution in [1.29, 1.82) is 0 Å². The number of nitrogens with one attached hydrogen (secondary N) is 1. The summed E-state index contributed by atoms with van der Waals surface area (Å²) < 4.78 is 29.7. The second-order valence-corrected chi connectivity index (χ2v) is 10.2. The van der Waals surface area contributed by atoms with Gasteiger partial charge in [-0.05, 0) is 37.6 Å². The van der Waals surface area contributed by atoms with Crippen molar-refractivity contribution in [3.05, 3.63) is 39.8 Å². The Balaban J connectivity index is 1.84. The van der Waals surface area contributed by atoms with E-state index in [1.807, 2.05) is 20.0 Å². The fourth-order valence-electron chi connectivity index (χ4n) is 4.20. The van der Waals surface area contributed by atoms with Gasteiger partial charge in [0.25, 0.3) is 5.56 Å². The van der Waals surface area contributed by atoms with Gasteiger partial charge >= 0.3 is 0 Å². The van der Waals surface area contributed by atoms with Crippen LogP contribution in [-0.4, -0.2) is 70.6 Å². The Morgan fingerprint density at radius 1 is 1.09 bits per heavy atom. The number of likely N-dealkylation sites (N-methyl/N-ethyl adjacent to an activating group) is 1. The van der Waals surface area contributed by atoms with Crippen LogP contribution in [0, 0.1) is 0 Å². The number of sulfonamides is 1. The summed E-state index contributed by atoms with van der Waals surface area (Å²) in [7, 11) is 0.0867. The molecule has 0 aliphatic carbocycles. The van der Waals surface area contributed by atoms with Gasteiger partial charge in [-0.3, -0.25) is 9.48 Å². The largest absolute Gasteiger partial charge is 0.305 e. The molecule has 1 aliphatic rings. The van der Waals surface area contributed by atoms with E-state index in [2.05, 4.69) is 21.9 Å². The van der Waals surface area contributed by atoms with Crippen LogP contribution in [0.3, 0.4) is 0 Å². The molecular formula is C22H30N6O3S. The zero-order valence-electron chi connectivity index (χ0n) is 19.1. The Bertz CT molecular complexity index is 1300. The zero-order chi connectivity index (χ0) is 23.0. The van der Waals surface area contributed by atoms with Gasteiger partial charge in [-0.15, -0.1) is 0 Å². The fourth-order valence-corrected chi connectivity index (χ4v) is 5.65. The molecule has 0 radical (unpaired) electrons. The molecule has 1 fully saturated rings. The first-order valence-corrected chi connectivity index (χ1v) is 12.5. The third kappa shape index (κ3) is 3.98. The summed E-state index contributed by atoms with van der Waals surface area (Å²) in [4.78, 5) is 22.8. The highest BCUT2D eigenvalue weighted by molar-refractivity contribution is 7.89. The Morgan fingerprint density at radius 3 is 2.47 bits per heavy atom. The van der Waals surface area contributed by atoms with Crippen molar-refractivity contribution < 1.29 is 8.42 Å². The number of aromatic nitrogens is 4. The zero-order valence-corrected chi connectivity index (χ0v) is 19.9. The molecule has 4 rings (SSSR count). The molecule has 0 bridgehead atoms. The molecule has 1 N–H and O–H groups in total. The predicted molar refractivity (Wildman–Crippen MR) is 124 cm³/mol. The number of rotatable bonds is 6. The Labute approximate surface area is 188 Å². The van der Waals surface area contributed by atoms with Crippen LogP contribution in [0.25, 0.3) is 22.4 Å². The van der Waals surface area contributed by atoms with Crippen LogP contribution < -0.4 is 5.56 Å². The molecule has 0 atom stereocenters. The highest BCUT2D eigenvalue weighted by Gasteiger charge is 2.28. The Hall–Kier alpha value is -2.56. The van der Waals surface area contributed by atoms with Crippen molar-refractivity contribution in [3.63, 3.8) is 0 Å². The molecule has 32 heavy (non-hydrogen) atoms. The lowest BCUT2D eigenvalue weighted by Gasteiger charge is -2.31. The van der Waals surface area contributed by atoms with E-state index < -0.39 is 10.0 Å². The highest BCUT2D eigenvalue weighted by Crippen LogP contribution is 2.28. The lowest BCUT2D eigenvalue weighted by Crippen LogP contribution is -2.47. The van der Waals surface area contributed by atoms with Crippen LogP contribution in [-0.2, 0) is 29.9 Å². The van der Waals surface area contributed by atoms with E-state index in [1.165, 1.54) is 4.31 Å². The minimum atomic E-state index is -3.64. The van der Waals surface area contributed by atoms with Gasteiger partial charge in [0.15, 0.2) is 5.52 Å². The van der Waals surface area contributed by atoms with Crippen LogP contribution in [0.4, 0.5) is 0 Å². The molecule has 1 saturated heterocycles. The molecule has 172 valence electrons. The summed E-state index contributed by atoms with van der Waals surface area (Å²) in [6.07, 6.45) is 2.28. The van der Waals surface area contributed by atoms with Gasteiger partial charge in [-0.1, -0.05) is 26.3 Å². The summed E-state index contributed by atoms with van der Waals surface area (Å²) in [5.74, 6) is 0.375. The quantitative estimate of drug-likeness (QED) is 0.604. The molecule has 0 unspecified atom stereocenters. The van der Waals surface area contributed by atoms with Crippen molar-refractivity contribution in [3.8, 4) is 11.4 Å². The normalized spacial score (nSPS) is 16.1. The molecule has 0 saturated carbocycles. The van der Waals surface area contributed by atoms with E-state index in [0.29, 0.717) is 61.4 Å². The number of piperazine rings is 1. The minimum absolute atomic E-state index is 0.219. The molecular weight excluding hydrogens is 428 g/mol. The maximum Gasteiger partial charge on any atom is 0.277 e. The van der Waals surface area contributed by atoms with Gasteiger partial charge in [-0.25, -0.2) is 13.4 Å². The van der Waals surface area contributed by atoms with Gasteiger partial charge in [-0.2, -0.15) is 9.40 Å². The number of hydrogen-bond acceptors (Lipinski definition) is 6. The van der Waals surface area contributed by atoms with Crippen LogP contribution in [0.15, 0.2) is 27.9 Å². The van der Waals surface area contributed by atoms with E-state index in [1.54, 1.807) is 23.9 Å². The Morgan fingerprint density at radius 2 is 1.81 bits per heavy atom. The number of nitrogens with zero attached hydrogens (tertiary/aromatic N) is 5. The van der Waals surface area contributed by atoms with Crippen molar-refractivity contribution >= 4 is 21.1 Å². The van der Waals surface area contributed by atoms with Crippen LogP contribution in [0.1, 0.15) is 31.5 Å². The van der Waals surface area contributed by atoms with Gasteiger partial charge in [0.1, 0.15) is 11.3 Å². The topological polar surface area (TPSA) is 104 Å². The summed E-state index contributed by atoms with van der Waals surface area (Å²) in [6, 6.07) is 5.12. The third-order valence-electron chi connectivity index (χ3n) is 6.07. The monoisotopic (exact) mass is 458 g/mol. The third-order valence-corrected chi connectivity index (χ3v) is 7.96. The molecule has 10 heteroatoms. The number of aryl methyl sites for hydroxylation is 3. The number of benzene rings is 1. The lowest BCUT2D eigenvalue weighted by molar-refractivity contribution is 0.222. The van der Waals surface area contributed by atoms with E-state index in [9.17, 15) is 13.2 Å². The van der Waals surface area contributed by atoms with Gasteiger partial charge in [0.2, 0.25) is 10.0 Å². The summed E-state index contributed by atoms with van der Waals surface area (Å²) >= 11 is 0. The number of aromatic amines is 1. The van der Waals surface area contributed by atoms with Crippen LogP contribution >= 0.6 is 0 Å². The lowest BCUT2D eigenvalue weighted by atomic mass is 10.0. The first-order chi connectivity index (χ1) is 15.3. The average Bonchev–Trinajstić information content (AvgIpc) is 3.09. The number of fused-ring (bicyclic) bond motifs is 1. The van der Waals surface area contributed by atoms with Crippen molar-refractivity contribution in [2.75, 3.05) is 33.2 Å². The molecule has 0 amide bonds. The molecule has 9 nitrogen and oxygen atoms in total. The summed E-state index contributed by atoms with van der Waals surface area (Å²) in [5.41, 5.74) is 3.05. The van der Waals surface area contributed by atoms with E-state index in [4.69, 9.17) is 4.98 Å². The van der Waals surface area contributed by atoms with Gasteiger partial charge in [0.05, 0.1) is 10.6 Å². The second-order valence-electron chi connectivity index (χ2n) is 8.31. The molecule has 2 aromatic heterocycles. The van der Waals surface area contributed by atoms with Crippen molar-refractivity contribution in [1.82, 2.24) is 29.0 Å². The predicted octanol–water partition coefficient (Wildman–Crippen LogP) is 1.77. The van der Waals surface area contributed by atoms with E-state index >= 15 is 0 Å². The van der Waals surface area contributed by atoms with Crippen LogP contribution in [0.2, 0.25) is 0 Å². The minimum Gasteiger partial charge on any atom is -0.305 e. The average molecular weight is 459 g/mol. The molecule has 1 aliphatic heterocycles. The van der Waals surface area contributed by atoms with Gasteiger partial charge in [0, 0.05) is 38.8 Å². The van der Waals surface area contributed by atoms with E-state index in [0.717, 1.165) is 17.7 Å². The first kappa shape index (κ1) is 22.6. The SMILES string of the molecule is CCCc1nn(C)c2c(=O)[nH]c(-c3cc(S(=O)(=O)N4CCN(C)CC4)ccc3CC)nc12. The van der Waals surface area contributed by atoms with Crippen LogP contribution in [0.5, 0.6) is 0 Å². The molecule has 3 heterocycles. The first-order valence-electron chi connectivity index (χ1n) is 11.0.